The number of thioether (sulfide) groups is 1. The lowest BCUT2D eigenvalue weighted by molar-refractivity contribution is -0.113. The summed E-state index contributed by atoms with van der Waals surface area (Å²) in [5.41, 5.74) is 1.09. The standard InChI is InChI=1S/C21H26N4O3S/c1-3-28-21(27)16-7-9-17(10-8-16)24-19(26)13-29-20-12-18(22-14-23-20)25-11-5-4-6-15(25)2/h7-10,12,14-15H,3-6,11,13H2,1-2H3,(H,24,26)/t15-/m1/s1. The summed E-state index contributed by atoms with van der Waals surface area (Å²) < 4.78 is 4.95. The van der Waals surface area contributed by atoms with Gasteiger partial charge in [0.15, 0.2) is 0 Å². The highest BCUT2D eigenvalue weighted by Crippen LogP contribution is 2.25. The average molecular weight is 415 g/mol. The van der Waals surface area contributed by atoms with E-state index in [4.69, 9.17) is 4.74 Å². The third-order valence-corrected chi connectivity index (χ3v) is 5.68. The predicted octanol–water partition coefficient (Wildman–Crippen LogP) is 3.76. The summed E-state index contributed by atoms with van der Waals surface area (Å²) in [5, 5.41) is 3.61. The molecule has 1 atom stereocenters. The summed E-state index contributed by atoms with van der Waals surface area (Å²) in [5.74, 6) is 0.657. The van der Waals surface area contributed by atoms with Gasteiger partial charge in [0, 0.05) is 24.3 Å². The number of aromatic nitrogens is 2. The number of hydrogen-bond acceptors (Lipinski definition) is 7. The maximum absolute atomic E-state index is 12.3. The fourth-order valence-electron chi connectivity index (χ4n) is 3.25. The molecule has 0 saturated carbocycles. The van der Waals surface area contributed by atoms with Gasteiger partial charge in [-0.2, -0.15) is 0 Å². The Labute approximate surface area is 175 Å². The van der Waals surface area contributed by atoms with E-state index in [0.717, 1.165) is 17.4 Å². The number of carbonyl (C=O) groups excluding carboxylic acids is 2. The van der Waals surface area contributed by atoms with E-state index >= 15 is 0 Å². The van der Waals surface area contributed by atoms with Crippen LogP contribution in [0.5, 0.6) is 0 Å². The van der Waals surface area contributed by atoms with Crippen molar-refractivity contribution < 1.29 is 14.3 Å². The summed E-state index contributed by atoms with van der Waals surface area (Å²) in [6, 6.07) is 9.07. The van der Waals surface area contributed by atoms with Gasteiger partial charge in [0.2, 0.25) is 5.91 Å². The van der Waals surface area contributed by atoms with Crippen molar-refractivity contribution in [1.82, 2.24) is 9.97 Å². The molecule has 0 aliphatic carbocycles. The van der Waals surface area contributed by atoms with E-state index in [-0.39, 0.29) is 17.6 Å². The summed E-state index contributed by atoms with van der Waals surface area (Å²) in [6.45, 7) is 5.31. The van der Waals surface area contributed by atoms with Crippen LogP contribution in [-0.4, -0.2) is 46.8 Å². The van der Waals surface area contributed by atoms with Crippen LogP contribution in [0.2, 0.25) is 0 Å². The minimum absolute atomic E-state index is 0.134. The van der Waals surface area contributed by atoms with Gasteiger partial charge >= 0.3 is 5.97 Å². The van der Waals surface area contributed by atoms with Crippen LogP contribution in [0, 0.1) is 0 Å². The van der Waals surface area contributed by atoms with E-state index in [1.165, 1.54) is 31.0 Å². The molecule has 2 heterocycles. The summed E-state index contributed by atoms with van der Waals surface area (Å²) in [4.78, 5) is 34.9. The second-order valence-electron chi connectivity index (χ2n) is 6.89. The fourth-order valence-corrected chi connectivity index (χ4v) is 3.91. The van der Waals surface area contributed by atoms with Gasteiger partial charge in [0.25, 0.3) is 0 Å². The zero-order valence-electron chi connectivity index (χ0n) is 16.8. The summed E-state index contributed by atoms with van der Waals surface area (Å²) in [7, 11) is 0. The molecule has 1 aromatic carbocycles. The Morgan fingerprint density at radius 2 is 2.03 bits per heavy atom. The molecule has 3 rings (SSSR count). The number of carbonyl (C=O) groups is 2. The molecule has 154 valence electrons. The van der Waals surface area contributed by atoms with Crippen molar-refractivity contribution in [1.29, 1.82) is 0 Å². The summed E-state index contributed by atoms with van der Waals surface area (Å²) >= 11 is 1.38. The number of benzene rings is 1. The Bertz CT molecular complexity index is 844. The first-order chi connectivity index (χ1) is 14.1. The normalized spacial score (nSPS) is 16.3. The van der Waals surface area contributed by atoms with Crippen molar-refractivity contribution in [2.75, 3.05) is 29.1 Å². The maximum Gasteiger partial charge on any atom is 0.338 e. The smallest absolute Gasteiger partial charge is 0.338 e. The van der Waals surface area contributed by atoms with Gasteiger partial charge in [-0.25, -0.2) is 14.8 Å². The minimum Gasteiger partial charge on any atom is -0.462 e. The van der Waals surface area contributed by atoms with Gasteiger partial charge in [0.1, 0.15) is 17.2 Å². The van der Waals surface area contributed by atoms with Crippen LogP contribution in [-0.2, 0) is 9.53 Å². The van der Waals surface area contributed by atoms with E-state index < -0.39 is 0 Å². The lowest BCUT2D eigenvalue weighted by atomic mass is 10.0. The molecule has 1 N–H and O–H groups in total. The number of rotatable bonds is 7. The molecule has 29 heavy (non-hydrogen) atoms. The molecule has 0 radical (unpaired) electrons. The van der Waals surface area contributed by atoms with Crippen molar-refractivity contribution >= 4 is 35.1 Å². The molecule has 1 aromatic heterocycles. The first kappa shape index (κ1) is 21.1. The lowest BCUT2D eigenvalue weighted by Gasteiger charge is -2.34. The number of hydrogen-bond donors (Lipinski definition) is 1. The van der Waals surface area contributed by atoms with Gasteiger partial charge in [-0.15, -0.1) is 0 Å². The molecule has 0 spiro atoms. The molecule has 1 saturated heterocycles. The van der Waals surface area contributed by atoms with Gasteiger partial charge in [-0.3, -0.25) is 4.79 Å². The number of amides is 1. The molecule has 2 aromatic rings. The topological polar surface area (TPSA) is 84.4 Å². The van der Waals surface area contributed by atoms with Gasteiger partial charge in [-0.1, -0.05) is 11.8 Å². The Hall–Kier alpha value is -2.61. The number of piperidine rings is 1. The molecule has 1 aliphatic heterocycles. The molecule has 8 heteroatoms. The second kappa shape index (κ2) is 10.2. The van der Waals surface area contributed by atoms with E-state index in [0.29, 0.717) is 23.9 Å². The molecule has 1 amide bonds. The monoisotopic (exact) mass is 414 g/mol. The van der Waals surface area contributed by atoms with Crippen LogP contribution >= 0.6 is 11.8 Å². The van der Waals surface area contributed by atoms with Crippen LogP contribution in [0.4, 0.5) is 11.5 Å². The quantitative estimate of drug-likeness (QED) is 0.419. The Morgan fingerprint density at radius 3 is 2.76 bits per heavy atom. The third kappa shape index (κ3) is 5.93. The van der Waals surface area contributed by atoms with Gasteiger partial charge in [-0.05, 0) is 57.4 Å². The van der Waals surface area contributed by atoms with Crippen molar-refractivity contribution in [3.05, 3.63) is 42.2 Å². The predicted molar refractivity (Wildman–Crippen MR) is 114 cm³/mol. The van der Waals surface area contributed by atoms with Crippen molar-refractivity contribution in [3.8, 4) is 0 Å². The molecule has 1 fully saturated rings. The number of esters is 1. The summed E-state index contributed by atoms with van der Waals surface area (Å²) in [6.07, 6.45) is 5.16. The first-order valence-electron chi connectivity index (χ1n) is 9.85. The van der Waals surface area contributed by atoms with Gasteiger partial charge < -0.3 is 15.0 Å². The number of ether oxygens (including phenoxy) is 1. The van der Waals surface area contributed by atoms with Crippen LogP contribution < -0.4 is 10.2 Å². The highest BCUT2D eigenvalue weighted by atomic mass is 32.2. The lowest BCUT2D eigenvalue weighted by Crippen LogP contribution is -2.38. The first-order valence-corrected chi connectivity index (χ1v) is 10.8. The number of anilines is 2. The second-order valence-corrected chi connectivity index (χ2v) is 7.88. The molecule has 7 nitrogen and oxygen atoms in total. The number of nitrogens with one attached hydrogen (secondary N) is 1. The molecule has 0 bridgehead atoms. The third-order valence-electron chi connectivity index (χ3n) is 4.76. The maximum atomic E-state index is 12.3. The van der Waals surface area contributed by atoms with Crippen molar-refractivity contribution in [3.63, 3.8) is 0 Å². The average Bonchev–Trinajstić information content (AvgIpc) is 2.73. The van der Waals surface area contributed by atoms with Gasteiger partial charge in [0.05, 0.1) is 17.9 Å². The Kier molecular flexibility index (Phi) is 7.46. The van der Waals surface area contributed by atoms with Crippen molar-refractivity contribution in [2.24, 2.45) is 0 Å². The minimum atomic E-state index is -0.372. The Balaban J connectivity index is 1.53. The van der Waals surface area contributed by atoms with E-state index in [9.17, 15) is 9.59 Å². The van der Waals surface area contributed by atoms with E-state index in [1.807, 2.05) is 6.07 Å². The zero-order valence-corrected chi connectivity index (χ0v) is 17.6. The van der Waals surface area contributed by atoms with Crippen LogP contribution in [0.15, 0.2) is 41.7 Å². The van der Waals surface area contributed by atoms with Crippen LogP contribution in [0.25, 0.3) is 0 Å². The molecular weight excluding hydrogens is 388 g/mol. The molecular formula is C21H26N4O3S. The zero-order chi connectivity index (χ0) is 20.6. The molecule has 1 aliphatic rings. The van der Waals surface area contributed by atoms with E-state index in [1.54, 1.807) is 37.5 Å². The van der Waals surface area contributed by atoms with Crippen LogP contribution in [0.3, 0.4) is 0 Å². The molecule has 0 unspecified atom stereocenters. The SMILES string of the molecule is CCOC(=O)c1ccc(NC(=O)CSc2cc(N3CCCC[C@H]3C)ncn2)cc1. The van der Waals surface area contributed by atoms with Crippen molar-refractivity contribution in [2.45, 2.75) is 44.2 Å². The highest BCUT2D eigenvalue weighted by molar-refractivity contribution is 7.99. The Morgan fingerprint density at radius 1 is 1.24 bits per heavy atom. The van der Waals surface area contributed by atoms with E-state index in [2.05, 4.69) is 27.1 Å². The largest absolute Gasteiger partial charge is 0.462 e. The fraction of sp³-hybridized carbons (Fsp3) is 0.429. The van der Waals surface area contributed by atoms with Crippen LogP contribution in [0.1, 0.15) is 43.5 Å². The highest BCUT2D eigenvalue weighted by Gasteiger charge is 2.20. The number of nitrogens with zero attached hydrogens (tertiary/aromatic N) is 3.